The molecule has 6 aromatic rings. The van der Waals surface area contributed by atoms with Crippen molar-refractivity contribution in [3.05, 3.63) is 77.5 Å². The van der Waals surface area contributed by atoms with Gasteiger partial charge in [-0.05, 0) is 71.9 Å². The quantitative estimate of drug-likeness (QED) is 0.340. The lowest BCUT2D eigenvalue weighted by Crippen LogP contribution is -2.10. The second kappa shape index (κ2) is 7.95. The Balaban J connectivity index is 1.45. The van der Waals surface area contributed by atoms with E-state index < -0.39 is 0 Å². The summed E-state index contributed by atoms with van der Waals surface area (Å²) in [6.45, 7) is 0.857. The average Bonchev–Trinajstić information content (AvgIpc) is 3.57. The van der Waals surface area contributed by atoms with E-state index in [0.29, 0.717) is 0 Å². The highest BCUT2D eigenvalue weighted by Crippen LogP contribution is 2.35. The molecule has 0 fully saturated rings. The molecule has 0 bridgehead atoms. The summed E-state index contributed by atoms with van der Waals surface area (Å²) in [6, 6.07) is 12.9. The Hall–Kier alpha value is -3.81. The maximum Gasteiger partial charge on any atom is 0.116 e. The van der Waals surface area contributed by atoms with Gasteiger partial charge in [0.2, 0.25) is 0 Å². The van der Waals surface area contributed by atoms with E-state index in [-0.39, 0.29) is 0 Å². The summed E-state index contributed by atoms with van der Waals surface area (Å²) in [6.07, 6.45) is 7.64. The average molecular weight is 451 g/mol. The molecule has 0 saturated carbocycles. The number of hydrogen-bond donors (Lipinski definition) is 2. The fourth-order valence-corrected chi connectivity index (χ4v) is 4.98. The third-order valence-corrected chi connectivity index (χ3v) is 6.51. The minimum atomic E-state index is 0.857. The van der Waals surface area contributed by atoms with Crippen molar-refractivity contribution in [3.8, 4) is 33.6 Å². The molecule has 0 unspecified atom stereocenters. The van der Waals surface area contributed by atoms with Gasteiger partial charge in [-0.25, -0.2) is 0 Å². The maximum absolute atomic E-state index is 4.65. The molecule has 0 radical (unpaired) electrons. The van der Waals surface area contributed by atoms with Gasteiger partial charge in [-0.15, -0.1) is 0 Å². The van der Waals surface area contributed by atoms with E-state index in [1.165, 1.54) is 11.1 Å². The molecule has 0 aliphatic carbocycles. The van der Waals surface area contributed by atoms with Crippen LogP contribution in [0.1, 0.15) is 5.56 Å². The fraction of sp³-hybridized carbons (Fsp3) is 0.115. The van der Waals surface area contributed by atoms with Crippen molar-refractivity contribution in [1.29, 1.82) is 0 Å². The molecule has 0 atom stereocenters. The lowest BCUT2D eigenvalue weighted by molar-refractivity contribution is 0.402. The lowest BCUT2D eigenvalue weighted by Gasteiger charge is -2.10. The summed E-state index contributed by atoms with van der Waals surface area (Å²) in [5, 5.41) is 14.3. The Labute approximate surface area is 195 Å². The molecule has 6 nitrogen and oxygen atoms in total. The molecule has 0 aliphatic heterocycles. The zero-order valence-corrected chi connectivity index (χ0v) is 19.1. The van der Waals surface area contributed by atoms with Crippen molar-refractivity contribution in [3.63, 3.8) is 0 Å². The zero-order chi connectivity index (χ0) is 22.4. The number of hydrogen-bond acceptors (Lipinski definition) is 5. The van der Waals surface area contributed by atoms with Crippen LogP contribution >= 0.6 is 11.3 Å². The van der Waals surface area contributed by atoms with Crippen LogP contribution in [0.4, 0.5) is 0 Å². The summed E-state index contributed by atoms with van der Waals surface area (Å²) in [5.74, 6) is 0. The highest BCUT2D eigenvalue weighted by molar-refractivity contribution is 7.08. The van der Waals surface area contributed by atoms with E-state index in [1.807, 2.05) is 24.8 Å². The molecule has 0 amide bonds. The molecule has 5 aromatic heterocycles. The first kappa shape index (κ1) is 19.8. The Morgan fingerprint density at radius 2 is 1.76 bits per heavy atom. The molecule has 7 heteroatoms. The first-order valence-electron chi connectivity index (χ1n) is 10.7. The van der Waals surface area contributed by atoms with Crippen LogP contribution in [0.25, 0.3) is 55.4 Å². The van der Waals surface area contributed by atoms with E-state index in [9.17, 15) is 0 Å². The second-order valence-electron chi connectivity index (χ2n) is 8.50. The summed E-state index contributed by atoms with van der Waals surface area (Å²) in [7, 11) is 4.13. The van der Waals surface area contributed by atoms with Crippen LogP contribution in [0.3, 0.4) is 0 Å². The number of thiophene rings is 1. The smallest absolute Gasteiger partial charge is 0.116 e. The van der Waals surface area contributed by atoms with Crippen LogP contribution < -0.4 is 0 Å². The van der Waals surface area contributed by atoms with Gasteiger partial charge in [0.25, 0.3) is 0 Å². The van der Waals surface area contributed by atoms with Gasteiger partial charge in [0.1, 0.15) is 5.69 Å². The lowest BCUT2D eigenvalue weighted by atomic mass is 10.0. The van der Waals surface area contributed by atoms with Crippen molar-refractivity contribution < 1.29 is 0 Å². The number of pyridine rings is 2. The Morgan fingerprint density at radius 3 is 2.61 bits per heavy atom. The SMILES string of the molecule is CN(C)Cc1cncc(-c2ccc3[nH]nc(-c4cc5c(-c6ccsc6)cncc5[nH]4)c3c2)c1. The largest absolute Gasteiger partial charge is 0.352 e. The van der Waals surface area contributed by atoms with Crippen LogP contribution in [0.5, 0.6) is 0 Å². The van der Waals surface area contributed by atoms with E-state index in [4.69, 9.17) is 0 Å². The van der Waals surface area contributed by atoms with Crippen molar-refractivity contribution >= 4 is 33.1 Å². The van der Waals surface area contributed by atoms with Gasteiger partial charge in [0.05, 0.1) is 22.9 Å². The first-order valence-corrected chi connectivity index (χ1v) is 11.7. The molecule has 5 heterocycles. The number of fused-ring (bicyclic) bond motifs is 2. The van der Waals surface area contributed by atoms with E-state index in [0.717, 1.165) is 56.4 Å². The second-order valence-corrected chi connectivity index (χ2v) is 9.28. The van der Waals surface area contributed by atoms with Crippen molar-refractivity contribution in [2.24, 2.45) is 0 Å². The minimum absolute atomic E-state index is 0.857. The first-order chi connectivity index (χ1) is 16.2. The summed E-state index contributed by atoms with van der Waals surface area (Å²) < 4.78 is 0. The standard InChI is InChI=1S/C26H22N6S/c1-32(2)14-16-7-19(11-27-10-16)17-3-4-23-21(8-17)26(31-30-23)24-9-20-22(18-5-6-33-15-18)12-28-13-25(20)29-24/h3-13,15,29H,14H2,1-2H3,(H,30,31). The topological polar surface area (TPSA) is 73.5 Å². The Morgan fingerprint density at radius 1 is 0.848 bits per heavy atom. The summed E-state index contributed by atoms with van der Waals surface area (Å²) in [4.78, 5) is 14.6. The van der Waals surface area contributed by atoms with Crippen LogP contribution in [0, 0.1) is 0 Å². The van der Waals surface area contributed by atoms with Gasteiger partial charge >= 0.3 is 0 Å². The molecule has 0 saturated heterocycles. The number of benzene rings is 1. The van der Waals surface area contributed by atoms with Crippen molar-refractivity contribution in [1.82, 2.24) is 30.0 Å². The van der Waals surface area contributed by atoms with Crippen molar-refractivity contribution in [2.45, 2.75) is 6.54 Å². The molecule has 6 rings (SSSR count). The molecular formula is C26H22N6S. The molecule has 33 heavy (non-hydrogen) atoms. The Kier molecular flexibility index (Phi) is 4.78. The monoisotopic (exact) mass is 450 g/mol. The van der Waals surface area contributed by atoms with Gasteiger partial charge < -0.3 is 9.88 Å². The molecule has 2 N–H and O–H groups in total. The van der Waals surface area contributed by atoms with Gasteiger partial charge in [0, 0.05) is 47.0 Å². The van der Waals surface area contributed by atoms with Gasteiger partial charge in [0.15, 0.2) is 0 Å². The molecule has 0 spiro atoms. The minimum Gasteiger partial charge on any atom is -0.352 e. The van der Waals surface area contributed by atoms with Gasteiger partial charge in [-0.3, -0.25) is 15.1 Å². The number of aromatic nitrogens is 5. The number of nitrogens with one attached hydrogen (secondary N) is 2. The normalized spacial score (nSPS) is 11.7. The Bertz CT molecular complexity index is 1580. The third-order valence-electron chi connectivity index (χ3n) is 5.82. The molecular weight excluding hydrogens is 428 g/mol. The summed E-state index contributed by atoms with van der Waals surface area (Å²) in [5.41, 5.74) is 9.59. The summed E-state index contributed by atoms with van der Waals surface area (Å²) >= 11 is 1.69. The van der Waals surface area contributed by atoms with Crippen LogP contribution in [-0.4, -0.2) is 44.1 Å². The van der Waals surface area contributed by atoms with Crippen LogP contribution in [-0.2, 0) is 6.54 Å². The highest BCUT2D eigenvalue weighted by atomic mass is 32.1. The highest BCUT2D eigenvalue weighted by Gasteiger charge is 2.15. The fourth-order valence-electron chi connectivity index (χ4n) is 4.32. The number of H-pyrrole nitrogens is 2. The van der Waals surface area contributed by atoms with E-state index >= 15 is 0 Å². The van der Waals surface area contributed by atoms with Crippen molar-refractivity contribution in [2.75, 3.05) is 14.1 Å². The zero-order valence-electron chi connectivity index (χ0n) is 18.3. The number of rotatable bonds is 5. The maximum atomic E-state index is 4.65. The van der Waals surface area contributed by atoms with E-state index in [2.05, 4.69) is 91.3 Å². The third kappa shape index (κ3) is 3.61. The molecule has 1 aromatic carbocycles. The van der Waals surface area contributed by atoms with Crippen LogP contribution in [0.2, 0.25) is 0 Å². The molecule has 0 aliphatic rings. The predicted octanol–water partition coefficient (Wildman–Crippen LogP) is 5.96. The van der Waals surface area contributed by atoms with Crippen LogP contribution in [0.15, 0.2) is 71.9 Å². The van der Waals surface area contributed by atoms with E-state index in [1.54, 1.807) is 11.3 Å². The predicted molar refractivity (Wildman–Crippen MR) is 135 cm³/mol. The number of aromatic amines is 2. The van der Waals surface area contributed by atoms with Gasteiger partial charge in [-0.1, -0.05) is 6.07 Å². The number of nitrogens with zero attached hydrogens (tertiary/aromatic N) is 4. The van der Waals surface area contributed by atoms with Gasteiger partial charge in [-0.2, -0.15) is 16.4 Å². The molecule has 162 valence electrons.